The minimum absolute atomic E-state index is 0.104. The number of aromatic nitrogens is 1. The Morgan fingerprint density at radius 2 is 1.86 bits per heavy atom. The van der Waals surface area contributed by atoms with E-state index in [1.54, 1.807) is 42.6 Å². The highest BCUT2D eigenvalue weighted by Crippen LogP contribution is 2.19. The van der Waals surface area contributed by atoms with Gasteiger partial charge in [-0.15, -0.1) is 0 Å². The molecule has 2 rings (SSSR count). The molecule has 1 aromatic carbocycles. The Labute approximate surface area is 122 Å². The molecule has 0 spiro atoms. The topological polar surface area (TPSA) is 78.3 Å². The van der Waals surface area contributed by atoms with Gasteiger partial charge in [0.15, 0.2) is 4.98 Å². The van der Waals surface area contributed by atoms with Crippen LogP contribution in [0.5, 0.6) is 0 Å². The zero-order valence-corrected chi connectivity index (χ0v) is 11.3. The predicted octanol–water partition coefficient (Wildman–Crippen LogP) is 3.36. The Balaban J connectivity index is 2.14. The molecule has 0 fully saturated rings. The number of aliphatic hydroxyl groups excluding tert-OH is 1. The minimum Gasteiger partial charge on any atom is -0.501 e. The number of pyridine rings is 1. The number of carbonyl (C=O) groups is 1. The number of nitrogens with zero attached hydrogens (tertiary/aromatic N) is 3. The first kappa shape index (κ1) is 14.4. The standard InChI is InChI=1S/C16H13N3O2/c17-19-15(16(21)12-6-2-1-3-7-12)14(20)10-9-13-8-4-5-11-18-13/h1-8,11H,9-10H2/p+1. The largest absolute Gasteiger partial charge is 0.501 e. The van der Waals surface area contributed by atoms with Crippen molar-refractivity contribution in [2.24, 2.45) is 0 Å². The van der Waals surface area contributed by atoms with Crippen LogP contribution in [0.25, 0.3) is 10.7 Å². The Hall–Kier alpha value is -3.00. The summed E-state index contributed by atoms with van der Waals surface area (Å²) < 4.78 is 0. The van der Waals surface area contributed by atoms with Gasteiger partial charge in [0.2, 0.25) is 11.2 Å². The minimum atomic E-state index is -0.440. The molecule has 0 aliphatic carbocycles. The molecule has 0 saturated heterocycles. The van der Waals surface area contributed by atoms with Crippen LogP contribution in [0.4, 0.5) is 0 Å². The lowest BCUT2D eigenvalue weighted by atomic mass is 10.1. The number of benzene rings is 1. The summed E-state index contributed by atoms with van der Waals surface area (Å²) in [7, 11) is 0. The first-order valence-electron chi connectivity index (χ1n) is 6.49. The number of diazo groups is 1. The van der Waals surface area contributed by atoms with Gasteiger partial charge < -0.3 is 5.11 Å². The van der Waals surface area contributed by atoms with E-state index in [1.807, 2.05) is 12.1 Å². The van der Waals surface area contributed by atoms with Crippen molar-refractivity contribution in [1.29, 1.82) is 5.39 Å². The van der Waals surface area contributed by atoms with E-state index in [0.717, 1.165) is 5.69 Å². The molecule has 0 radical (unpaired) electrons. The van der Waals surface area contributed by atoms with Crippen LogP contribution in [0.15, 0.2) is 60.4 Å². The van der Waals surface area contributed by atoms with Crippen molar-refractivity contribution in [3.05, 3.63) is 76.7 Å². The lowest BCUT2D eigenvalue weighted by Gasteiger charge is -1.98. The molecule has 5 heteroatoms. The maximum atomic E-state index is 12.1. The highest BCUT2D eigenvalue weighted by molar-refractivity contribution is 6.02. The van der Waals surface area contributed by atoms with Gasteiger partial charge in [-0.05, 0) is 18.6 Å². The third kappa shape index (κ3) is 3.74. The smallest absolute Gasteiger partial charge is 0.468 e. The number of ketones is 1. The summed E-state index contributed by atoms with van der Waals surface area (Å²) in [6.45, 7) is 0. The van der Waals surface area contributed by atoms with Gasteiger partial charge in [0.25, 0.3) is 5.78 Å². The zero-order valence-electron chi connectivity index (χ0n) is 11.3. The van der Waals surface area contributed by atoms with E-state index >= 15 is 0 Å². The summed E-state index contributed by atoms with van der Waals surface area (Å²) >= 11 is 0. The molecule has 0 bridgehead atoms. The van der Waals surface area contributed by atoms with Gasteiger partial charge in [-0.2, -0.15) is 0 Å². The van der Waals surface area contributed by atoms with E-state index < -0.39 is 5.78 Å². The molecular formula is C16H14N3O2+. The van der Waals surface area contributed by atoms with E-state index in [0.29, 0.717) is 12.0 Å². The quantitative estimate of drug-likeness (QED) is 0.517. The molecule has 0 atom stereocenters. The second-order valence-corrected chi connectivity index (χ2v) is 4.41. The summed E-state index contributed by atoms with van der Waals surface area (Å²) in [6, 6.07) is 13.9. The third-order valence-electron chi connectivity index (χ3n) is 2.97. The van der Waals surface area contributed by atoms with Crippen LogP contribution in [-0.4, -0.2) is 15.9 Å². The van der Waals surface area contributed by atoms with Crippen LogP contribution in [-0.2, 0) is 11.2 Å². The molecule has 0 amide bonds. The van der Waals surface area contributed by atoms with Crippen molar-refractivity contribution in [2.75, 3.05) is 0 Å². The first-order chi connectivity index (χ1) is 10.2. The van der Waals surface area contributed by atoms with Crippen LogP contribution in [0.1, 0.15) is 17.7 Å². The highest BCUT2D eigenvalue weighted by atomic mass is 16.3. The molecule has 0 aliphatic rings. The van der Waals surface area contributed by atoms with E-state index in [9.17, 15) is 9.90 Å². The molecule has 2 aromatic rings. The molecule has 0 saturated carbocycles. The Morgan fingerprint density at radius 3 is 2.48 bits per heavy atom. The molecule has 0 unspecified atom stereocenters. The molecule has 0 aliphatic heterocycles. The van der Waals surface area contributed by atoms with E-state index in [2.05, 4.69) is 9.96 Å². The van der Waals surface area contributed by atoms with Crippen LogP contribution in [0.3, 0.4) is 0 Å². The van der Waals surface area contributed by atoms with Crippen LogP contribution in [0.2, 0.25) is 0 Å². The Kier molecular flexibility index (Phi) is 4.78. The van der Waals surface area contributed by atoms with Crippen LogP contribution >= 0.6 is 0 Å². The molecule has 5 nitrogen and oxygen atoms in total. The van der Waals surface area contributed by atoms with E-state index in [4.69, 9.17) is 5.39 Å². The fourth-order valence-electron chi connectivity index (χ4n) is 1.87. The van der Waals surface area contributed by atoms with Gasteiger partial charge in [-0.25, -0.2) is 0 Å². The number of rotatable bonds is 5. The number of Topliss-reactive ketones (excluding diaryl/α,β-unsaturated/α-hetero) is 1. The lowest BCUT2D eigenvalue weighted by molar-refractivity contribution is -0.115. The summed E-state index contributed by atoms with van der Waals surface area (Å²) in [6.07, 6.45) is 2.17. The molecule has 1 aromatic heterocycles. The third-order valence-corrected chi connectivity index (χ3v) is 2.97. The molecule has 1 heterocycles. The van der Waals surface area contributed by atoms with Gasteiger partial charge in [-0.1, -0.05) is 36.4 Å². The zero-order chi connectivity index (χ0) is 15.1. The maximum Gasteiger partial charge on any atom is 0.468 e. The van der Waals surface area contributed by atoms with Gasteiger partial charge in [0.1, 0.15) is 0 Å². The average Bonchev–Trinajstić information content (AvgIpc) is 2.55. The fourth-order valence-corrected chi connectivity index (χ4v) is 1.87. The second kappa shape index (κ2) is 6.96. The number of hydrogen-bond acceptors (Lipinski definition) is 4. The van der Waals surface area contributed by atoms with Gasteiger partial charge >= 0.3 is 5.70 Å². The fraction of sp³-hybridized carbons (Fsp3) is 0.125. The highest BCUT2D eigenvalue weighted by Gasteiger charge is 2.28. The summed E-state index contributed by atoms with van der Waals surface area (Å²) in [5.74, 6) is -0.770. The summed E-state index contributed by atoms with van der Waals surface area (Å²) in [5.41, 5.74) is 0.857. The monoisotopic (exact) mass is 280 g/mol. The van der Waals surface area contributed by atoms with Crippen molar-refractivity contribution in [1.82, 2.24) is 4.98 Å². The van der Waals surface area contributed by atoms with Crippen LogP contribution in [0, 0.1) is 5.39 Å². The number of carbonyl (C=O) groups excluding carboxylic acids is 1. The van der Waals surface area contributed by atoms with Crippen molar-refractivity contribution in [3.8, 4) is 0 Å². The van der Waals surface area contributed by atoms with Crippen molar-refractivity contribution in [2.45, 2.75) is 12.8 Å². The predicted molar refractivity (Wildman–Crippen MR) is 78.6 cm³/mol. The number of aryl methyl sites for hydroxylation is 1. The van der Waals surface area contributed by atoms with Gasteiger partial charge in [0.05, 0.1) is 0 Å². The van der Waals surface area contributed by atoms with E-state index in [1.165, 1.54) is 0 Å². The Bertz CT molecular complexity index is 688. The van der Waals surface area contributed by atoms with Gasteiger partial charge in [-0.3, -0.25) is 9.78 Å². The maximum absolute atomic E-state index is 12.1. The van der Waals surface area contributed by atoms with Crippen molar-refractivity contribution >= 4 is 11.5 Å². The van der Waals surface area contributed by atoms with Crippen LogP contribution < -0.4 is 0 Å². The molecule has 1 N–H and O–H groups in total. The number of aliphatic hydroxyl groups is 1. The molecule has 21 heavy (non-hydrogen) atoms. The summed E-state index contributed by atoms with van der Waals surface area (Å²) in [5, 5.41) is 19.0. The Morgan fingerprint density at radius 1 is 1.14 bits per heavy atom. The SMILES string of the molecule is N#[N+]/C(C(=O)CCc1ccccn1)=C(/O)c1ccccc1. The lowest BCUT2D eigenvalue weighted by Crippen LogP contribution is -2.05. The normalized spacial score (nSPS) is 11.4. The van der Waals surface area contributed by atoms with Crippen molar-refractivity contribution < 1.29 is 9.90 Å². The average molecular weight is 280 g/mol. The number of hydrogen-bond donors (Lipinski definition) is 1. The molecule has 104 valence electrons. The van der Waals surface area contributed by atoms with E-state index in [-0.39, 0.29) is 17.9 Å². The molecular weight excluding hydrogens is 266 g/mol. The second-order valence-electron chi connectivity index (χ2n) is 4.41. The van der Waals surface area contributed by atoms with Crippen molar-refractivity contribution in [3.63, 3.8) is 0 Å². The number of allylic oxidation sites excluding steroid dienone is 1. The van der Waals surface area contributed by atoms with Gasteiger partial charge in [0, 0.05) is 23.9 Å². The first-order valence-corrected chi connectivity index (χ1v) is 6.49. The summed E-state index contributed by atoms with van der Waals surface area (Å²) in [4.78, 5) is 19.1.